The zero-order chi connectivity index (χ0) is 21.0. The van der Waals surface area contributed by atoms with E-state index in [0.717, 1.165) is 28.3 Å². The van der Waals surface area contributed by atoms with Gasteiger partial charge in [-0.15, -0.1) is 0 Å². The van der Waals surface area contributed by atoms with Crippen molar-refractivity contribution in [3.05, 3.63) is 70.8 Å². The topological polar surface area (TPSA) is 84.1 Å². The summed E-state index contributed by atoms with van der Waals surface area (Å²) in [6.45, 7) is 3.90. The van der Waals surface area contributed by atoms with E-state index in [2.05, 4.69) is 15.1 Å². The van der Waals surface area contributed by atoms with E-state index >= 15 is 0 Å². The van der Waals surface area contributed by atoms with Gasteiger partial charge in [0.2, 0.25) is 0 Å². The van der Waals surface area contributed by atoms with Crippen LogP contribution >= 0.6 is 0 Å². The van der Waals surface area contributed by atoms with Crippen LogP contribution in [0.4, 0.5) is 4.39 Å². The Bertz CT molecular complexity index is 1250. The number of hydrogen-bond acceptors (Lipinski definition) is 4. The highest BCUT2D eigenvalue weighted by molar-refractivity contribution is 5.93. The summed E-state index contributed by atoms with van der Waals surface area (Å²) in [4.78, 5) is 23.0. The predicted molar refractivity (Wildman–Crippen MR) is 108 cm³/mol. The van der Waals surface area contributed by atoms with Crippen LogP contribution in [0.2, 0.25) is 0 Å². The van der Waals surface area contributed by atoms with Crippen LogP contribution in [0.5, 0.6) is 0 Å². The summed E-state index contributed by atoms with van der Waals surface area (Å²) in [6, 6.07) is 9.03. The van der Waals surface area contributed by atoms with Crippen LogP contribution in [-0.2, 0) is 13.5 Å². The van der Waals surface area contributed by atoms with Crippen molar-refractivity contribution in [2.24, 2.45) is 7.05 Å². The van der Waals surface area contributed by atoms with E-state index in [4.69, 9.17) is 5.10 Å². The highest BCUT2D eigenvalue weighted by Gasteiger charge is 2.37. The van der Waals surface area contributed by atoms with Crippen molar-refractivity contribution in [2.45, 2.75) is 32.5 Å². The lowest BCUT2D eigenvalue weighted by Gasteiger charge is -2.33. The zero-order valence-electron chi connectivity index (χ0n) is 17.0. The fourth-order valence-corrected chi connectivity index (χ4v) is 4.13. The molecule has 0 saturated carbocycles. The van der Waals surface area contributed by atoms with Gasteiger partial charge in [-0.25, -0.2) is 13.9 Å². The molecule has 9 heteroatoms. The summed E-state index contributed by atoms with van der Waals surface area (Å²) in [5.41, 5.74) is 5.08. The van der Waals surface area contributed by atoms with Gasteiger partial charge in [0.25, 0.3) is 5.91 Å². The molecule has 5 heterocycles. The minimum Gasteiger partial charge on any atom is -0.348 e. The molecule has 2 atom stereocenters. The molecule has 0 bridgehead atoms. The van der Waals surface area contributed by atoms with Crippen molar-refractivity contribution in [1.29, 1.82) is 0 Å². The Morgan fingerprint density at radius 1 is 1.30 bits per heavy atom. The monoisotopic (exact) mass is 407 g/mol. The molecule has 0 saturated heterocycles. The van der Waals surface area contributed by atoms with Gasteiger partial charge < -0.3 is 9.88 Å². The number of alkyl halides is 1. The Labute approximate surface area is 172 Å². The molecule has 8 nitrogen and oxygen atoms in total. The van der Waals surface area contributed by atoms with Gasteiger partial charge in [0.05, 0.1) is 28.9 Å². The molecule has 0 fully saturated rings. The number of hydrogen-bond donors (Lipinski definition) is 1. The average molecular weight is 407 g/mol. The summed E-state index contributed by atoms with van der Waals surface area (Å²) < 4.78 is 17.1. The second kappa shape index (κ2) is 6.79. The SMILES string of the molecule is Cc1cccc2cc([C@@H]3c4nc[nH]c4CCN3C(=O)c3cc(C(C)F)nn3C)nn12. The molecule has 4 aromatic heterocycles. The number of aromatic amines is 1. The van der Waals surface area contributed by atoms with Crippen LogP contribution in [0, 0.1) is 6.92 Å². The fourth-order valence-electron chi connectivity index (χ4n) is 4.13. The average Bonchev–Trinajstić information content (AvgIpc) is 3.44. The molecule has 1 aliphatic rings. The van der Waals surface area contributed by atoms with Gasteiger partial charge in [0, 0.05) is 31.4 Å². The minimum atomic E-state index is -1.24. The summed E-state index contributed by atoms with van der Waals surface area (Å²) in [5.74, 6) is -0.218. The number of nitrogens with one attached hydrogen (secondary N) is 1. The number of pyridine rings is 1. The van der Waals surface area contributed by atoms with E-state index in [1.807, 2.05) is 35.7 Å². The van der Waals surface area contributed by atoms with Gasteiger partial charge in [0.15, 0.2) is 0 Å². The number of halogens is 1. The van der Waals surface area contributed by atoms with Crippen LogP contribution < -0.4 is 0 Å². The maximum atomic E-state index is 13.8. The second-order valence-corrected chi connectivity index (χ2v) is 7.68. The molecule has 154 valence electrons. The first-order valence-corrected chi connectivity index (χ1v) is 9.90. The largest absolute Gasteiger partial charge is 0.348 e. The van der Waals surface area contributed by atoms with Crippen LogP contribution in [0.1, 0.15) is 58.1 Å². The third-order valence-electron chi connectivity index (χ3n) is 5.69. The third kappa shape index (κ3) is 2.80. The Morgan fingerprint density at radius 3 is 2.87 bits per heavy atom. The molecule has 1 N–H and O–H groups in total. The Kier molecular flexibility index (Phi) is 4.19. The van der Waals surface area contributed by atoms with Crippen LogP contribution in [0.15, 0.2) is 36.7 Å². The van der Waals surface area contributed by atoms with Crippen molar-refractivity contribution in [1.82, 2.24) is 34.3 Å². The number of aromatic nitrogens is 6. The van der Waals surface area contributed by atoms with E-state index in [-0.39, 0.29) is 11.6 Å². The summed E-state index contributed by atoms with van der Waals surface area (Å²) in [6.07, 6.45) is 1.07. The van der Waals surface area contributed by atoms with Gasteiger partial charge in [-0.2, -0.15) is 10.2 Å². The smallest absolute Gasteiger partial charge is 0.273 e. The van der Waals surface area contributed by atoms with Crippen LogP contribution in [0.25, 0.3) is 5.52 Å². The van der Waals surface area contributed by atoms with Gasteiger partial charge in [0.1, 0.15) is 17.9 Å². The molecule has 0 spiro atoms. The standard InChI is InChI=1S/C21H22FN7O/c1-12-5-4-6-14-9-17(26-29(12)14)20-19-15(23-11-24-19)7-8-28(20)21(30)18-10-16(13(2)22)25-27(18)3/h4-6,9-11,13,20H,7-8H2,1-3H3,(H,23,24)/t13?,20-/m1/s1. The lowest BCUT2D eigenvalue weighted by Crippen LogP contribution is -2.41. The number of H-pyrrole nitrogens is 1. The lowest BCUT2D eigenvalue weighted by atomic mass is 9.99. The normalized spacial score (nSPS) is 17.3. The van der Waals surface area contributed by atoms with E-state index in [0.29, 0.717) is 18.7 Å². The molecule has 1 amide bonds. The highest BCUT2D eigenvalue weighted by Crippen LogP contribution is 2.34. The van der Waals surface area contributed by atoms with Gasteiger partial charge >= 0.3 is 0 Å². The van der Waals surface area contributed by atoms with Gasteiger partial charge in [-0.1, -0.05) is 6.07 Å². The van der Waals surface area contributed by atoms with E-state index in [1.54, 1.807) is 18.3 Å². The van der Waals surface area contributed by atoms with Crippen LogP contribution in [-0.4, -0.2) is 46.7 Å². The summed E-state index contributed by atoms with van der Waals surface area (Å²) in [7, 11) is 1.66. The number of aryl methyl sites for hydroxylation is 2. The van der Waals surface area contributed by atoms with Crippen LogP contribution in [0.3, 0.4) is 0 Å². The van der Waals surface area contributed by atoms with Crippen molar-refractivity contribution >= 4 is 11.4 Å². The third-order valence-corrected chi connectivity index (χ3v) is 5.69. The molecule has 0 aliphatic carbocycles. The Hall–Kier alpha value is -3.49. The molecule has 5 rings (SSSR count). The summed E-state index contributed by atoms with van der Waals surface area (Å²) in [5, 5.41) is 8.94. The molecular formula is C21H22FN7O. The number of fused-ring (bicyclic) bond motifs is 2. The fraction of sp³-hybridized carbons (Fsp3) is 0.333. The van der Waals surface area contributed by atoms with E-state index in [1.165, 1.54) is 17.7 Å². The quantitative estimate of drug-likeness (QED) is 0.566. The molecule has 4 aromatic rings. The lowest BCUT2D eigenvalue weighted by molar-refractivity contribution is 0.0675. The molecule has 1 aliphatic heterocycles. The number of carbonyl (C=O) groups is 1. The first-order valence-electron chi connectivity index (χ1n) is 9.90. The van der Waals surface area contributed by atoms with E-state index in [9.17, 15) is 9.18 Å². The van der Waals surface area contributed by atoms with Gasteiger partial charge in [-0.05, 0) is 38.1 Å². The van der Waals surface area contributed by atoms with E-state index < -0.39 is 12.2 Å². The zero-order valence-corrected chi connectivity index (χ0v) is 17.0. The molecule has 0 aromatic carbocycles. The highest BCUT2D eigenvalue weighted by atomic mass is 19.1. The molecule has 30 heavy (non-hydrogen) atoms. The van der Waals surface area contributed by atoms with Crippen molar-refractivity contribution in [3.8, 4) is 0 Å². The number of rotatable bonds is 3. The van der Waals surface area contributed by atoms with Crippen molar-refractivity contribution < 1.29 is 9.18 Å². The first-order chi connectivity index (χ1) is 14.4. The second-order valence-electron chi connectivity index (χ2n) is 7.68. The number of amides is 1. The Balaban J connectivity index is 1.62. The number of carbonyl (C=O) groups excluding carboxylic acids is 1. The molecule has 1 unspecified atom stereocenters. The van der Waals surface area contributed by atoms with Crippen molar-refractivity contribution in [2.75, 3.05) is 6.54 Å². The number of imidazole rings is 1. The maximum Gasteiger partial charge on any atom is 0.273 e. The molecule has 0 radical (unpaired) electrons. The first kappa shape index (κ1) is 18.5. The maximum absolute atomic E-state index is 13.8. The molecular weight excluding hydrogens is 385 g/mol. The Morgan fingerprint density at radius 2 is 2.13 bits per heavy atom. The van der Waals surface area contributed by atoms with Gasteiger partial charge in [-0.3, -0.25) is 9.48 Å². The number of nitrogens with zero attached hydrogens (tertiary/aromatic N) is 6. The minimum absolute atomic E-state index is 0.218. The van der Waals surface area contributed by atoms with Crippen molar-refractivity contribution in [3.63, 3.8) is 0 Å². The predicted octanol–water partition coefficient (Wildman–Crippen LogP) is 2.92. The summed E-state index contributed by atoms with van der Waals surface area (Å²) >= 11 is 0.